The summed E-state index contributed by atoms with van der Waals surface area (Å²) in [6, 6.07) is -1.31. The molecule has 0 aromatic rings. The van der Waals surface area contributed by atoms with Gasteiger partial charge in [0.15, 0.2) is 0 Å². The van der Waals surface area contributed by atoms with E-state index >= 15 is 0 Å². The molecule has 0 fully saturated rings. The van der Waals surface area contributed by atoms with Crippen LogP contribution in [0.1, 0.15) is 39.5 Å². The highest BCUT2D eigenvalue weighted by Crippen LogP contribution is 2.15. The van der Waals surface area contributed by atoms with E-state index in [1.807, 2.05) is 0 Å². The number of aliphatic hydroxyl groups excluding tert-OH is 5. The molecule has 0 radical (unpaired) electrons. The largest absolute Gasteiger partial charge is 0.450 e. The summed E-state index contributed by atoms with van der Waals surface area (Å²) in [5.74, 6) is 0. The van der Waals surface area contributed by atoms with Crippen LogP contribution in [0, 0.1) is 0 Å². The Labute approximate surface area is 160 Å². The summed E-state index contributed by atoms with van der Waals surface area (Å²) in [6.07, 6.45) is -1.34. The van der Waals surface area contributed by atoms with Crippen LogP contribution in [0.25, 0.3) is 0 Å². The molecule has 0 heterocycles. The number of hydrogen-bond acceptors (Lipinski definition) is 8. The number of alkyl carbamates (subject to hydrolysis) is 1. The van der Waals surface area contributed by atoms with E-state index in [2.05, 4.69) is 10.6 Å². The Morgan fingerprint density at radius 3 is 2.56 bits per heavy atom. The van der Waals surface area contributed by atoms with E-state index < -0.39 is 48.7 Å². The van der Waals surface area contributed by atoms with E-state index in [0.717, 1.165) is 0 Å². The maximum Gasteiger partial charge on any atom is 0.407 e. The lowest BCUT2D eigenvalue weighted by molar-refractivity contribution is -0.0594. The van der Waals surface area contributed by atoms with Gasteiger partial charge in [0.1, 0.15) is 12.2 Å². The zero-order valence-corrected chi connectivity index (χ0v) is 16.0. The first-order chi connectivity index (χ1) is 12.8. The standard InChI is InChI=1S/C18H34N2O7/c1-3-11(21)9-15(23)13(20-18(26)27-4-2)10-19-12-7-5-6-8-14(22)17(25)16(12)24/h6,8,11-17,19,21-25H,3-5,7,9-10H2,1-2H3,(H,20,26)/b8-6-. The average molecular weight is 390 g/mol. The van der Waals surface area contributed by atoms with Gasteiger partial charge < -0.3 is 40.9 Å². The predicted molar refractivity (Wildman–Crippen MR) is 99.1 cm³/mol. The van der Waals surface area contributed by atoms with Gasteiger partial charge in [0.2, 0.25) is 0 Å². The quantitative estimate of drug-likeness (QED) is 0.248. The molecule has 27 heavy (non-hydrogen) atoms. The van der Waals surface area contributed by atoms with E-state index in [1.165, 1.54) is 6.08 Å². The van der Waals surface area contributed by atoms with Gasteiger partial charge in [-0.15, -0.1) is 0 Å². The smallest absolute Gasteiger partial charge is 0.407 e. The van der Waals surface area contributed by atoms with Gasteiger partial charge in [0.05, 0.1) is 31.0 Å². The molecule has 1 amide bonds. The van der Waals surface area contributed by atoms with Gasteiger partial charge in [-0.05, 0) is 26.2 Å². The first-order valence-corrected chi connectivity index (χ1v) is 9.53. The second kappa shape index (κ2) is 12.3. The van der Waals surface area contributed by atoms with Crippen LogP contribution >= 0.6 is 0 Å². The fourth-order valence-electron chi connectivity index (χ4n) is 2.95. The molecule has 7 N–H and O–H groups in total. The number of amides is 1. The topological polar surface area (TPSA) is 152 Å². The molecule has 0 saturated heterocycles. The van der Waals surface area contributed by atoms with Crippen molar-refractivity contribution < 1.29 is 35.1 Å². The van der Waals surface area contributed by atoms with Crippen LogP contribution in [0.15, 0.2) is 12.2 Å². The highest BCUT2D eigenvalue weighted by Gasteiger charge is 2.32. The third-order valence-electron chi connectivity index (χ3n) is 4.72. The number of rotatable bonds is 9. The summed E-state index contributed by atoms with van der Waals surface area (Å²) in [5, 5.41) is 55.8. The number of ether oxygens (including phenoxy) is 1. The molecular weight excluding hydrogens is 356 g/mol. The molecule has 1 rings (SSSR count). The van der Waals surface area contributed by atoms with Gasteiger partial charge >= 0.3 is 6.09 Å². The minimum atomic E-state index is -1.35. The molecule has 0 aromatic heterocycles. The lowest BCUT2D eigenvalue weighted by Gasteiger charge is -2.33. The van der Waals surface area contributed by atoms with Gasteiger partial charge in [-0.2, -0.15) is 0 Å². The van der Waals surface area contributed by atoms with E-state index in [4.69, 9.17) is 4.74 Å². The highest BCUT2D eigenvalue weighted by molar-refractivity contribution is 5.67. The summed E-state index contributed by atoms with van der Waals surface area (Å²) in [6.45, 7) is 3.71. The molecule has 1 aliphatic carbocycles. The Morgan fingerprint density at radius 2 is 1.93 bits per heavy atom. The SMILES string of the molecule is CCOC(=O)NC(CNC1CC/C=C\C(O)C(O)C1O)C(O)CC(O)CC. The van der Waals surface area contributed by atoms with Crippen molar-refractivity contribution in [2.75, 3.05) is 13.2 Å². The minimum Gasteiger partial charge on any atom is -0.450 e. The normalized spacial score (nSPS) is 30.5. The molecule has 158 valence electrons. The molecule has 0 saturated carbocycles. The highest BCUT2D eigenvalue weighted by atomic mass is 16.5. The third kappa shape index (κ3) is 8.12. The Hall–Kier alpha value is -1.23. The number of allylic oxidation sites excluding steroid dienone is 1. The zero-order chi connectivity index (χ0) is 20.4. The van der Waals surface area contributed by atoms with Crippen molar-refractivity contribution >= 4 is 6.09 Å². The molecule has 9 heteroatoms. The van der Waals surface area contributed by atoms with Crippen LogP contribution in [0.2, 0.25) is 0 Å². The van der Waals surface area contributed by atoms with Crippen LogP contribution in [0.4, 0.5) is 4.79 Å². The molecule has 0 bridgehead atoms. The summed E-state index contributed by atoms with van der Waals surface area (Å²) in [5.41, 5.74) is 0. The lowest BCUT2D eigenvalue weighted by Crippen LogP contribution is -2.56. The van der Waals surface area contributed by atoms with Crippen molar-refractivity contribution in [3.8, 4) is 0 Å². The molecule has 7 atom stereocenters. The molecule has 7 unspecified atom stereocenters. The molecule has 0 aliphatic heterocycles. The second-order valence-electron chi connectivity index (χ2n) is 6.83. The Morgan fingerprint density at radius 1 is 1.22 bits per heavy atom. The van der Waals surface area contributed by atoms with Crippen molar-refractivity contribution in [2.45, 2.75) is 82.1 Å². The van der Waals surface area contributed by atoms with E-state index in [-0.39, 0.29) is 19.6 Å². The molecule has 0 spiro atoms. The first-order valence-electron chi connectivity index (χ1n) is 9.53. The van der Waals surface area contributed by atoms with E-state index in [0.29, 0.717) is 19.3 Å². The van der Waals surface area contributed by atoms with Gasteiger partial charge in [-0.25, -0.2) is 4.79 Å². The number of nitrogens with one attached hydrogen (secondary N) is 2. The fraction of sp³-hybridized carbons (Fsp3) is 0.833. The fourth-order valence-corrected chi connectivity index (χ4v) is 2.95. The summed E-state index contributed by atoms with van der Waals surface area (Å²) in [7, 11) is 0. The van der Waals surface area contributed by atoms with Crippen LogP contribution in [0.3, 0.4) is 0 Å². The van der Waals surface area contributed by atoms with Crippen molar-refractivity contribution in [1.29, 1.82) is 0 Å². The maximum atomic E-state index is 11.8. The van der Waals surface area contributed by atoms with Gasteiger partial charge in [-0.3, -0.25) is 0 Å². The summed E-state index contributed by atoms with van der Waals surface area (Å²) >= 11 is 0. The molecule has 9 nitrogen and oxygen atoms in total. The summed E-state index contributed by atoms with van der Waals surface area (Å²) < 4.78 is 4.85. The monoisotopic (exact) mass is 390 g/mol. The Balaban J connectivity index is 2.74. The van der Waals surface area contributed by atoms with E-state index in [1.54, 1.807) is 19.9 Å². The Kier molecular flexibility index (Phi) is 10.8. The Bertz CT molecular complexity index is 463. The van der Waals surface area contributed by atoms with Crippen molar-refractivity contribution in [3.05, 3.63) is 12.2 Å². The molecule has 0 aromatic carbocycles. The van der Waals surface area contributed by atoms with Crippen molar-refractivity contribution in [3.63, 3.8) is 0 Å². The van der Waals surface area contributed by atoms with Crippen LogP contribution in [0.5, 0.6) is 0 Å². The van der Waals surface area contributed by atoms with Gasteiger partial charge in [-0.1, -0.05) is 19.1 Å². The maximum absolute atomic E-state index is 11.8. The predicted octanol–water partition coefficient (Wildman–Crippen LogP) is -0.986. The second-order valence-corrected chi connectivity index (χ2v) is 6.83. The molecule has 1 aliphatic rings. The van der Waals surface area contributed by atoms with Crippen LogP contribution in [-0.2, 0) is 4.74 Å². The number of hydrogen-bond donors (Lipinski definition) is 7. The number of carbonyl (C=O) groups excluding carboxylic acids is 1. The third-order valence-corrected chi connectivity index (χ3v) is 4.72. The minimum absolute atomic E-state index is 0.0759. The zero-order valence-electron chi connectivity index (χ0n) is 16.0. The van der Waals surface area contributed by atoms with Crippen LogP contribution in [-0.4, -0.2) is 87.4 Å². The van der Waals surface area contributed by atoms with Gasteiger partial charge in [0.25, 0.3) is 0 Å². The average Bonchev–Trinajstić information content (AvgIpc) is 2.64. The van der Waals surface area contributed by atoms with Crippen molar-refractivity contribution in [1.82, 2.24) is 10.6 Å². The first kappa shape index (κ1) is 23.8. The lowest BCUT2D eigenvalue weighted by atomic mass is 9.93. The van der Waals surface area contributed by atoms with Crippen molar-refractivity contribution in [2.24, 2.45) is 0 Å². The van der Waals surface area contributed by atoms with Gasteiger partial charge in [0, 0.05) is 19.0 Å². The number of carbonyl (C=O) groups is 1. The summed E-state index contributed by atoms with van der Waals surface area (Å²) in [4.78, 5) is 11.8. The van der Waals surface area contributed by atoms with Crippen LogP contribution < -0.4 is 10.6 Å². The van der Waals surface area contributed by atoms with E-state index in [9.17, 15) is 30.3 Å². The molecular formula is C18H34N2O7. The number of aliphatic hydroxyl groups is 5.